The number of anilines is 1. The normalized spacial score (nSPS) is 13.0. The van der Waals surface area contributed by atoms with Crippen LogP contribution in [0.4, 0.5) is 5.69 Å². The molecule has 0 radical (unpaired) electrons. The highest BCUT2D eigenvalue weighted by Gasteiger charge is 2.13. The van der Waals surface area contributed by atoms with Crippen LogP contribution in [0.1, 0.15) is 23.7 Å². The van der Waals surface area contributed by atoms with Crippen molar-refractivity contribution in [3.8, 4) is 11.5 Å². The zero-order valence-corrected chi connectivity index (χ0v) is 16.2. The standard InChI is InChI=1S/C19H18BrN3O4/c1-12(22-23-19(25)14-4-2-3-5-15(14)20)10-18(24)21-13-6-7-16-17(11-13)27-9-8-26-16/h2-7,11H,8-10H2,1H3,(H,21,24)(H,23,25). The SMILES string of the molecule is CC(CC(=O)Nc1ccc2c(c1)OCCO2)=NNC(=O)c1ccccc1Br. The second-order valence-electron chi connectivity index (χ2n) is 5.85. The van der Waals surface area contributed by atoms with E-state index in [9.17, 15) is 9.59 Å². The highest BCUT2D eigenvalue weighted by molar-refractivity contribution is 9.10. The van der Waals surface area contributed by atoms with Gasteiger partial charge in [-0.25, -0.2) is 5.43 Å². The highest BCUT2D eigenvalue weighted by Crippen LogP contribution is 2.32. The number of amides is 2. The summed E-state index contributed by atoms with van der Waals surface area (Å²) in [7, 11) is 0. The number of nitrogens with zero attached hydrogens (tertiary/aromatic N) is 1. The molecular formula is C19H18BrN3O4. The molecule has 0 aromatic heterocycles. The van der Waals surface area contributed by atoms with Gasteiger partial charge in [0.25, 0.3) is 5.91 Å². The van der Waals surface area contributed by atoms with Crippen LogP contribution in [0.3, 0.4) is 0 Å². The second-order valence-corrected chi connectivity index (χ2v) is 6.71. The van der Waals surface area contributed by atoms with Crippen LogP contribution < -0.4 is 20.2 Å². The number of hydrogen-bond donors (Lipinski definition) is 2. The Morgan fingerprint density at radius 2 is 1.85 bits per heavy atom. The van der Waals surface area contributed by atoms with Crippen LogP contribution in [0.25, 0.3) is 0 Å². The third-order valence-corrected chi connectivity index (χ3v) is 4.40. The van der Waals surface area contributed by atoms with Crippen molar-refractivity contribution >= 4 is 39.1 Å². The zero-order chi connectivity index (χ0) is 19.2. The van der Waals surface area contributed by atoms with Gasteiger partial charge < -0.3 is 14.8 Å². The molecule has 2 amide bonds. The third kappa shape index (κ3) is 5.07. The predicted octanol–water partition coefficient (Wildman–Crippen LogP) is 3.35. The first-order valence-corrected chi connectivity index (χ1v) is 9.10. The molecule has 140 valence electrons. The quantitative estimate of drug-likeness (QED) is 0.560. The molecule has 7 nitrogen and oxygen atoms in total. The number of ether oxygens (including phenoxy) is 2. The molecule has 0 spiro atoms. The van der Waals surface area contributed by atoms with E-state index in [0.717, 1.165) is 0 Å². The Labute approximate surface area is 164 Å². The number of rotatable bonds is 5. The van der Waals surface area contributed by atoms with Crippen molar-refractivity contribution < 1.29 is 19.1 Å². The molecule has 2 N–H and O–H groups in total. The number of nitrogens with one attached hydrogen (secondary N) is 2. The van der Waals surface area contributed by atoms with Gasteiger partial charge in [0.05, 0.1) is 12.0 Å². The minimum Gasteiger partial charge on any atom is -0.486 e. The van der Waals surface area contributed by atoms with Gasteiger partial charge in [0, 0.05) is 21.9 Å². The molecule has 0 atom stereocenters. The van der Waals surface area contributed by atoms with Crippen molar-refractivity contribution in [1.82, 2.24) is 5.43 Å². The van der Waals surface area contributed by atoms with Crippen LogP contribution >= 0.6 is 15.9 Å². The third-order valence-electron chi connectivity index (χ3n) is 3.71. The summed E-state index contributed by atoms with van der Waals surface area (Å²) in [6.45, 7) is 2.66. The average Bonchev–Trinajstić information content (AvgIpc) is 2.66. The molecule has 0 fully saturated rings. The van der Waals surface area contributed by atoms with Crippen LogP contribution in [-0.2, 0) is 4.79 Å². The van der Waals surface area contributed by atoms with Crippen LogP contribution in [-0.4, -0.2) is 30.7 Å². The summed E-state index contributed by atoms with van der Waals surface area (Å²) in [5.74, 6) is 0.661. The second kappa shape index (κ2) is 8.68. The summed E-state index contributed by atoms with van der Waals surface area (Å²) < 4.78 is 11.6. The number of halogens is 1. The molecular weight excluding hydrogens is 414 g/mol. The molecule has 1 heterocycles. The molecule has 2 aromatic rings. The summed E-state index contributed by atoms with van der Waals surface area (Å²) in [6.07, 6.45) is 0.0463. The number of benzene rings is 2. The van der Waals surface area contributed by atoms with Crippen molar-refractivity contribution in [2.45, 2.75) is 13.3 Å². The maximum atomic E-state index is 12.2. The topological polar surface area (TPSA) is 89.0 Å². The van der Waals surface area contributed by atoms with Crippen molar-refractivity contribution in [3.63, 3.8) is 0 Å². The number of carbonyl (C=O) groups is 2. The lowest BCUT2D eigenvalue weighted by atomic mass is 10.2. The molecule has 0 aliphatic carbocycles. The van der Waals surface area contributed by atoms with E-state index in [4.69, 9.17) is 9.47 Å². The van der Waals surface area contributed by atoms with E-state index >= 15 is 0 Å². The van der Waals surface area contributed by atoms with E-state index in [0.29, 0.717) is 46.1 Å². The van der Waals surface area contributed by atoms with E-state index in [1.54, 1.807) is 43.3 Å². The Morgan fingerprint density at radius 3 is 2.63 bits per heavy atom. The van der Waals surface area contributed by atoms with E-state index in [2.05, 4.69) is 31.8 Å². The average molecular weight is 432 g/mol. The van der Waals surface area contributed by atoms with Gasteiger partial charge in [-0.05, 0) is 47.1 Å². The first-order chi connectivity index (χ1) is 13.0. The summed E-state index contributed by atoms with van der Waals surface area (Å²) >= 11 is 3.31. The van der Waals surface area contributed by atoms with Crippen molar-refractivity contribution in [3.05, 3.63) is 52.5 Å². The Balaban J connectivity index is 1.55. The molecule has 3 rings (SSSR count). The van der Waals surface area contributed by atoms with Gasteiger partial charge in [-0.1, -0.05) is 12.1 Å². The van der Waals surface area contributed by atoms with Crippen LogP contribution in [0.5, 0.6) is 11.5 Å². The van der Waals surface area contributed by atoms with E-state index in [1.807, 2.05) is 6.07 Å². The van der Waals surface area contributed by atoms with Crippen molar-refractivity contribution in [1.29, 1.82) is 0 Å². The monoisotopic (exact) mass is 431 g/mol. The van der Waals surface area contributed by atoms with Gasteiger partial charge in [0.2, 0.25) is 5.91 Å². The zero-order valence-electron chi connectivity index (χ0n) is 14.6. The van der Waals surface area contributed by atoms with Crippen LogP contribution in [0.15, 0.2) is 52.0 Å². The summed E-state index contributed by atoms with van der Waals surface area (Å²) in [4.78, 5) is 24.3. The van der Waals surface area contributed by atoms with Gasteiger partial charge >= 0.3 is 0 Å². The molecule has 2 aromatic carbocycles. The molecule has 0 unspecified atom stereocenters. The molecule has 8 heteroatoms. The van der Waals surface area contributed by atoms with Crippen molar-refractivity contribution in [2.24, 2.45) is 5.10 Å². The number of hydrogen-bond acceptors (Lipinski definition) is 5. The largest absolute Gasteiger partial charge is 0.486 e. The lowest BCUT2D eigenvalue weighted by Gasteiger charge is -2.19. The molecule has 0 saturated carbocycles. The van der Waals surface area contributed by atoms with Gasteiger partial charge in [-0.2, -0.15) is 5.10 Å². The van der Waals surface area contributed by atoms with Gasteiger partial charge in [0.1, 0.15) is 13.2 Å². The number of fused-ring (bicyclic) bond motifs is 1. The van der Waals surface area contributed by atoms with Gasteiger partial charge in [-0.3, -0.25) is 9.59 Å². The maximum Gasteiger partial charge on any atom is 0.272 e. The number of hydrazone groups is 1. The highest BCUT2D eigenvalue weighted by atomic mass is 79.9. The summed E-state index contributed by atoms with van der Waals surface area (Å²) in [5, 5.41) is 6.76. The van der Waals surface area contributed by atoms with E-state index in [1.165, 1.54) is 0 Å². The molecule has 1 aliphatic rings. The molecule has 1 aliphatic heterocycles. The minimum atomic E-state index is -0.353. The Kier molecular flexibility index (Phi) is 6.08. The van der Waals surface area contributed by atoms with Gasteiger partial charge in [0.15, 0.2) is 11.5 Å². The van der Waals surface area contributed by atoms with Crippen molar-refractivity contribution in [2.75, 3.05) is 18.5 Å². The first kappa shape index (κ1) is 18.9. The fraction of sp³-hybridized carbons (Fsp3) is 0.211. The Bertz CT molecular complexity index is 898. The summed E-state index contributed by atoms with van der Waals surface area (Å²) in [5.41, 5.74) is 4.00. The maximum absolute atomic E-state index is 12.2. The summed E-state index contributed by atoms with van der Waals surface area (Å²) in [6, 6.07) is 12.2. The minimum absolute atomic E-state index is 0.0463. The predicted molar refractivity (Wildman–Crippen MR) is 105 cm³/mol. The van der Waals surface area contributed by atoms with Crippen LogP contribution in [0.2, 0.25) is 0 Å². The lowest BCUT2D eigenvalue weighted by molar-refractivity contribution is -0.115. The molecule has 0 bridgehead atoms. The van der Waals surface area contributed by atoms with E-state index < -0.39 is 0 Å². The Hall–Kier alpha value is -2.87. The van der Waals surface area contributed by atoms with E-state index in [-0.39, 0.29) is 18.2 Å². The lowest BCUT2D eigenvalue weighted by Crippen LogP contribution is -2.22. The van der Waals surface area contributed by atoms with Crippen LogP contribution in [0, 0.1) is 0 Å². The smallest absolute Gasteiger partial charge is 0.272 e. The molecule has 27 heavy (non-hydrogen) atoms. The molecule has 0 saturated heterocycles. The first-order valence-electron chi connectivity index (χ1n) is 8.30. The Morgan fingerprint density at radius 1 is 1.11 bits per heavy atom. The fourth-order valence-electron chi connectivity index (χ4n) is 2.45. The number of carbonyl (C=O) groups excluding carboxylic acids is 2. The fourth-order valence-corrected chi connectivity index (χ4v) is 2.91. The van der Waals surface area contributed by atoms with Gasteiger partial charge in [-0.15, -0.1) is 0 Å².